The summed E-state index contributed by atoms with van der Waals surface area (Å²) in [7, 11) is 0. The molecule has 1 aliphatic rings. The molecule has 1 atom stereocenters. The van der Waals surface area contributed by atoms with Crippen molar-refractivity contribution in [2.24, 2.45) is 0 Å². The van der Waals surface area contributed by atoms with Gasteiger partial charge in [0.2, 0.25) is 0 Å². The van der Waals surface area contributed by atoms with Gasteiger partial charge in [-0.1, -0.05) is 18.2 Å². The van der Waals surface area contributed by atoms with Crippen molar-refractivity contribution in [2.75, 3.05) is 26.4 Å². The Bertz CT molecular complexity index is 1160. The summed E-state index contributed by atoms with van der Waals surface area (Å²) in [5.41, 5.74) is 2.82. The second-order valence-corrected chi connectivity index (χ2v) is 7.64. The van der Waals surface area contributed by atoms with E-state index in [0.29, 0.717) is 36.0 Å². The molecule has 8 nitrogen and oxygen atoms in total. The molecule has 3 aromatic rings. The van der Waals surface area contributed by atoms with Crippen LogP contribution in [0.15, 0.2) is 42.5 Å². The quantitative estimate of drug-likeness (QED) is 0.485. The number of nitriles is 1. The topological polar surface area (TPSA) is 109 Å². The molecule has 33 heavy (non-hydrogen) atoms. The second kappa shape index (κ2) is 10.7. The molecule has 170 valence electrons. The van der Waals surface area contributed by atoms with Crippen molar-refractivity contribution in [1.29, 1.82) is 5.26 Å². The van der Waals surface area contributed by atoms with Gasteiger partial charge in [0.15, 0.2) is 18.1 Å². The van der Waals surface area contributed by atoms with Crippen LogP contribution in [0.3, 0.4) is 0 Å². The van der Waals surface area contributed by atoms with E-state index < -0.39 is 0 Å². The van der Waals surface area contributed by atoms with Crippen LogP contribution in [0, 0.1) is 11.3 Å². The lowest BCUT2D eigenvalue weighted by Crippen LogP contribution is -2.35. The van der Waals surface area contributed by atoms with Crippen LogP contribution < -0.4 is 14.8 Å². The van der Waals surface area contributed by atoms with Crippen molar-refractivity contribution >= 4 is 28.6 Å². The van der Waals surface area contributed by atoms with Gasteiger partial charge in [0.25, 0.3) is 5.91 Å². The van der Waals surface area contributed by atoms with Crippen LogP contribution in [0.4, 0.5) is 0 Å². The minimum atomic E-state index is -0.214. The molecular weight excluding hydrogens is 420 g/mol. The minimum absolute atomic E-state index is 0.0834. The number of carbonyl (C=O) groups excluding carboxylic acids is 1. The SMILES string of the molecule is CCOc1cc(/C=C(\C#N)c2nc3ccccc3[nH]2)ccc1OCC(=O)NC[C@H]1CCCO1. The Kier molecular flexibility index (Phi) is 7.22. The number of para-hydroxylation sites is 2. The number of allylic oxidation sites excluding steroid dienone is 1. The Balaban J connectivity index is 1.46. The smallest absolute Gasteiger partial charge is 0.258 e. The number of hydrogen-bond acceptors (Lipinski definition) is 6. The van der Waals surface area contributed by atoms with Crippen LogP contribution in [-0.2, 0) is 9.53 Å². The van der Waals surface area contributed by atoms with E-state index in [1.54, 1.807) is 18.2 Å². The maximum Gasteiger partial charge on any atom is 0.258 e. The Labute approximate surface area is 192 Å². The number of carbonyl (C=O) groups is 1. The summed E-state index contributed by atoms with van der Waals surface area (Å²) < 4.78 is 16.9. The molecule has 1 saturated heterocycles. The third kappa shape index (κ3) is 5.70. The average Bonchev–Trinajstić information content (AvgIpc) is 3.50. The Morgan fingerprint density at radius 3 is 2.94 bits per heavy atom. The Morgan fingerprint density at radius 1 is 1.30 bits per heavy atom. The summed E-state index contributed by atoms with van der Waals surface area (Å²) in [6.45, 7) is 3.42. The molecule has 0 aliphatic carbocycles. The van der Waals surface area contributed by atoms with E-state index >= 15 is 0 Å². The summed E-state index contributed by atoms with van der Waals surface area (Å²) in [4.78, 5) is 19.8. The molecule has 2 heterocycles. The number of imidazole rings is 1. The Hall–Kier alpha value is -3.83. The van der Waals surface area contributed by atoms with Crippen molar-refractivity contribution in [1.82, 2.24) is 15.3 Å². The third-order valence-corrected chi connectivity index (χ3v) is 5.25. The lowest BCUT2D eigenvalue weighted by Gasteiger charge is -2.14. The summed E-state index contributed by atoms with van der Waals surface area (Å²) in [6.07, 6.45) is 3.81. The minimum Gasteiger partial charge on any atom is -0.490 e. The van der Waals surface area contributed by atoms with Crippen LogP contribution in [0.2, 0.25) is 0 Å². The zero-order valence-electron chi connectivity index (χ0n) is 18.5. The van der Waals surface area contributed by atoms with Crippen LogP contribution in [-0.4, -0.2) is 48.3 Å². The van der Waals surface area contributed by atoms with Crippen molar-refractivity contribution in [3.05, 3.63) is 53.9 Å². The van der Waals surface area contributed by atoms with Crippen molar-refractivity contribution in [3.8, 4) is 17.6 Å². The molecule has 0 spiro atoms. The molecule has 1 amide bonds. The van der Waals surface area contributed by atoms with Gasteiger partial charge in [0.1, 0.15) is 11.9 Å². The van der Waals surface area contributed by atoms with E-state index in [2.05, 4.69) is 21.4 Å². The first-order valence-electron chi connectivity index (χ1n) is 11.0. The van der Waals surface area contributed by atoms with Gasteiger partial charge in [-0.2, -0.15) is 5.26 Å². The number of rotatable bonds is 9. The first kappa shape index (κ1) is 22.4. The zero-order chi connectivity index (χ0) is 23.0. The number of nitrogens with one attached hydrogen (secondary N) is 2. The second-order valence-electron chi connectivity index (χ2n) is 7.64. The first-order valence-corrected chi connectivity index (χ1v) is 11.0. The van der Waals surface area contributed by atoms with Crippen molar-refractivity contribution < 1.29 is 19.0 Å². The van der Waals surface area contributed by atoms with Crippen molar-refractivity contribution in [3.63, 3.8) is 0 Å². The fourth-order valence-electron chi connectivity index (χ4n) is 3.63. The van der Waals surface area contributed by atoms with E-state index in [1.165, 1.54) is 0 Å². The van der Waals surface area contributed by atoms with Gasteiger partial charge in [0.05, 0.1) is 29.3 Å². The van der Waals surface area contributed by atoms with E-state index in [0.717, 1.165) is 36.0 Å². The average molecular weight is 447 g/mol. The molecule has 0 saturated carbocycles. The molecule has 1 aliphatic heterocycles. The molecule has 0 unspecified atom stereocenters. The number of nitrogens with zero attached hydrogens (tertiary/aromatic N) is 2. The van der Waals surface area contributed by atoms with Crippen LogP contribution in [0.1, 0.15) is 31.2 Å². The highest BCUT2D eigenvalue weighted by Crippen LogP contribution is 2.30. The van der Waals surface area contributed by atoms with Gasteiger partial charge in [-0.25, -0.2) is 4.98 Å². The number of ether oxygens (including phenoxy) is 3. The van der Waals surface area contributed by atoms with Crippen LogP contribution >= 0.6 is 0 Å². The number of aromatic amines is 1. The number of hydrogen-bond donors (Lipinski definition) is 2. The monoisotopic (exact) mass is 446 g/mol. The fourth-order valence-corrected chi connectivity index (χ4v) is 3.63. The van der Waals surface area contributed by atoms with Gasteiger partial charge in [-0.05, 0) is 55.7 Å². The summed E-state index contributed by atoms with van der Waals surface area (Å²) in [6, 6.07) is 15.1. The largest absolute Gasteiger partial charge is 0.490 e. The number of fused-ring (bicyclic) bond motifs is 1. The highest BCUT2D eigenvalue weighted by Gasteiger charge is 2.17. The van der Waals surface area contributed by atoms with E-state index in [-0.39, 0.29) is 18.6 Å². The number of H-pyrrole nitrogens is 1. The molecular formula is C25H26N4O4. The summed E-state index contributed by atoms with van der Waals surface area (Å²) >= 11 is 0. The molecule has 2 N–H and O–H groups in total. The predicted molar refractivity (Wildman–Crippen MR) is 125 cm³/mol. The molecule has 4 rings (SSSR count). The Morgan fingerprint density at radius 2 is 2.18 bits per heavy atom. The molecule has 0 radical (unpaired) electrons. The summed E-state index contributed by atoms with van der Waals surface area (Å²) in [5.74, 6) is 1.25. The molecule has 8 heteroatoms. The van der Waals surface area contributed by atoms with Gasteiger partial charge in [0, 0.05) is 13.2 Å². The van der Waals surface area contributed by atoms with Crippen LogP contribution in [0.5, 0.6) is 11.5 Å². The highest BCUT2D eigenvalue weighted by atomic mass is 16.5. The molecule has 1 fully saturated rings. The predicted octanol–water partition coefficient (Wildman–Crippen LogP) is 3.70. The molecule has 1 aromatic heterocycles. The molecule has 2 aromatic carbocycles. The summed E-state index contributed by atoms with van der Waals surface area (Å²) in [5, 5.41) is 12.5. The van der Waals surface area contributed by atoms with Gasteiger partial charge < -0.3 is 24.5 Å². The number of benzene rings is 2. The third-order valence-electron chi connectivity index (χ3n) is 5.25. The fraction of sp³-hybridized carbons (Fsp3) is 0.320. The van der Waals surface area contributed by atoms with E-state index in [1.807, 2.05) is 37.3 Å². The zero-order valence-corrected chi connectivity index (χ0v) is 18.5. The van der Waals surface area contributed by atoms with Gasteiger partial charge in [-0.15, -0.1) is 0 Å². The van der Waals surface area contributed by atoms with E-state index in [4.69, 9.17) is 14.2 Å². The standard InChI is InChI=1S/C25H26N4O4/c1-2-31-23-13-17(12-18(14-26)25-28-20-7-3-4-8-21(20)29-25)9-10-22(23)33-16-24(30)27-15-19-6-5-11-32-19/h3-4,7-10,12-13,19H,2,5-6,11,15-16H2,1H3,(H,27,30)(H,28,29)/b18-12+/t19-/m1/s1. The van der Waals surface area contributed by atoms with Crippen LogP contribution in [0.25, 0.3) is 22.7 Å². The maximum atomic E-state index is 12.1. The normalized spacial score (nSPS) is 15.9. The maximum absolute atomic E-state index is 12.1. The lowest BCUT2D eigenvalue weighted by molar-refractivity contribution is -0.123. The lowest BCUT2D eigenvalue weighted by atomic mass is 10.1. The van der Waals surface area contributed by atoms with Gasteiger partial charge >= 0.3 is 0 Å². The highest BCUT2D eigenvalue weighted by molar-refractivity contribution is 5.90. The van der Waals surface area contributed by atoms with Crippen molar-refractivity contribution in [2.45, 2.75) is 25.9 Å². The molecule has 0 bridgehead atoms. The van der Waals surface area contributed by atoms with Gasteiger partial charge in [-0.3, -0.25) is 4.79 Å². The first-order chi connectivity index (χ1) is 16.2. The van der Waals surface area contributed by atoms with E-state index in [9.17, 15) is 10.1 Å². The number of aromatic nitrogens is 2. The number of amides is 1.